The Balaban J connectivity index is 2.03. The normalized spacial score (nSPS) is 25.3. The molecule has 100 valence electrons. The van der Waals surface area contributed by atoms with Crippen LogP contribution >= 0.6 is 0 Å². The van der Waals surface area contributed by atoms with Gasteiger partial charge in [0.15, 0.2) is 6.23 Å². The maximum Gasteiger partial charge on any atom is 0.405 e. The van der Waals surface area contributed by atoms with Crippen molar-refractivity contribution in [3.8, 4) is 11.8 Å². The van der Waals surface area contributed by atoms with Crippen LogP contribution in [0.15, 0.2) is 18.2 Å². The van der Waals surface area contributed by atoms with Gasteiger partial charge in [-0.3, -0.25) is 0 Å². The van der Waals surface area contributed by atoms with Gasteiger partial charge in [0.05, 0.1) is 0 Å². The van der Waals surface area contributed by atoms with Gasteiger partial charge >= 0.3 is 6.18 Å². The van der Waals surface area contributed by atoms with Gasteiger partial charge in [-0.05, 0) is 0 Å². The van der Waals surface area contributed by atoms with Crippen molar-refractivity contribution in [2.75, 3.05) is 7.05 Å². The summed E-state index contributed by atoms with van der Waals surface area (Å²) >= 11 is 0. The quantitative estimate of drug-likeness (QED) is 0.841. The summed E-state index contributed by atoms with van der Waals surface area (Å²) in [5.74, 6) is -0.162. The Morgan fingerprint density at radius 3 is 2.78 bits per heavy atom. The van der Waals surface area contributed by atoms with Crippen LogP contribution in [0, 0.1) is 0 Å². The molecular weight excluding hydrogens is 251 g/mol. The Morgan fingerprint density at radius 2 is 2.22 bits per heavy atom. The van der Waals surface area contributed by atoms with Crippen LogP contribution in [0.5, 0.6) is 11.8 Å². The van der Waals surface area contributed by atoms with Gasteiger partial charge in [0.1, 0.15) is 6.04 Å². The third-order valence-electron chi connectivity index (χ3n) is 2.59. The molecular formula is C10H12F3N3O2. The van der Waals surface area contributed by atoms with Crippen LogP contribution in [0.25, 0.3) is 0 Å². The van der Waals surface area contributed by atoms with Crippen molar-refractivity contribution >= 4 is 0 Å². The molecule has 8 heteroatoms. The Morgan fingerprint density at radius 1 is 1.50 bits per heavy atom. The van der Waals surface area contributed by atoms with E-state index in [-0.39, 0.29) is 18.2 Å². The smallest absolute Gasteiger partial charge is 0.405 e. The molecule has 1 aromatic heterocycles. The molecule has 0 aliphatic carbocycles. The van der Waals surface area contributed by atoms with Gasteiger partial charge in [-0.1, -0.05) is 6.07 Å². The third-order valence-corrected chi connectivity index (χ3v) is 2.59. The molecule has 0 amide bonds. The molecule has 2 rings (SSSR count). The minimum absolute atomic E-state index is 0.0801. The van der Waals surface area contributed by atoms with E-state index in [1.807, 2.05) is 0 Å². The zero-order valence-electron chi connectivity index (χ0n) is 9.48. The van der Waals surface area contributed by atoms with Crippen molar-refractivity contribution in [1.29, 1.82) is 0 Å². The first-order chi connectivity index (χ1) is 8.36. The second-order valence-corrected chi connectivity index (χ2v) is 3.98. The largest absolute Gasteiger partial charge is 0.493 e. The van der Waals surface area contributed by atoms with Crippen LogP contribution in [0.1, 0.15) is 6.42 Å². The molecule has 0 radical (unpaired) electrons. The average molecular weight is 263 g/mol. The Kier molecular flexibility index (Phi) is 3.31. The van der Waals surface area contributed by atoms with E-state index in [1.54, 1.807) is 0 Å². The van der Waals surface area contributed by atoms with Crippen LogP contribution in [0.4, 0.5) is 13.2 Å². The average Bonchev–Trinajstić information content (AvgIpc) is 2.60. The molecule has 1 fully saturated rings. The molecule has 1 aromatic rings. The molecule has 2 unspecified atom stereocenters. The zero-order valence-corrected chi connectivity index (χ0v) is 9.48. The lowest BCUT2D eigenvalue weighted by atomic mass is 10.2. The summed E-state index contributed by atoms with van der Waals surface area (Å²) in [5.41, 5.74) is 2.27. The number of nitrogens with zero attached hydrogens (tertiary/aromatic N) is 2. The number of hydrazine groups is 1. The summed E-state index contributed by atoms with van der Waals surface area (Å²) in [7, 11) is 1.46. The summed E-state index contributed by atoms with van der Waals surface area (Å²) in [6.07, 6.45) is -5.35. The standard InChI is InChI=1S/C10H12F3N3O2/c1-16-9(5-6(15-16)10(11,12)13)18-8-4-2-3-7(17)14-8/h2-4,6,9,15H,5H2,1H3,(H,14,17). The minimum Gasteiger partial charge on any atom is -0.493 e. The fraction of sp³-hybridized carbons (Fsp3) is 0.500. The first-order valence-electron chi connectivity index (χ1n) is 5.24. The maximum absolute atomic E-state index is 12.5. The van der Waals surface area contributed by atoms with E-state index in [0.29, 0.717) is 0 Å². The first-order valence-corrected chi connectivity index (χ1v) is 5.24. The number of nitrogens with one attached hydrogen (secondary N) is 1. The van der Waals surface area contributed by atoms with E-state index < -0.39 is 18.4 Å². The molecule has 0 bridgehead atoms. The summed E-state index contributed by atoms with van der Waals surface area (Å²) < 4.78 is 42.8. The molecule has 2 atom stereocenters. The van der Waals surface area contributed by atoms with Gasteiger partial charge in [-0.2, -0.15) is 18.2 Å². The molecule has 2 N–H and O–H groups in total. The number of aromatic nitrogens is 1. The molecule has 0 spiro atoms. The van der Waals surface area contributed by atoms with Crippen molar-refractivity contribution in [1.82, 2.24) is 15.4 Å². The van der Waals surface area contributed by atoms with Gasteiger partial charge in [-0.25, -0.2) is 10.4 Å². The van der Waals surface area contributed by atoms with E-state index in [0.717, 1.165) is 0 Å². The minimum atomic E-state index is -4.32. The molecule has 0 saturated carbocycles. The predicted molar refractivity (Wildman–Crippen MR) is 55.7 cm³/mol. The molecule has 18 heavy (non-hydrogen) atoms. The van der Waals surface area contributed by atoms with Crippen LogP contribution in [-0.2, 0) is 0 Å². The Bertz CT molecular complexity index is 427. The molecule has 1 saturated heterocycles. The van der Waals surface area contributed by atoms with Crippen LogP contribution in [-0.4, -0.2) is 40.6 Å². The van der Waals surface area contributed by atoms with E-state index in [1.165, 1.54) is 30.3 Å². The van der Waals surface area contributed by atoms with E-state index in [9.17, 15) is 13.2 Å². The second-order valence-electron chi connectivity index (χ2n) is 3.98. The van der Waals surface area contributed by atoms with Crippen molar-refractivity contribution in [3.63, 3.8) is 0 Å². The zero-order chi connectivity index (χ0) is 13.3. The highest BCUT2D eigenvalue weighted by atomic mass is 19.4. The maximum atomic E-state index is 12.5. The predicted octanol–water partition coefficient (Wildman–Crippen LogP) is 1.26. The molecule has 1 aliphatic rings. The number of halogens is 3. The van der Waals surface area contributed by atoms with Gasteiger partial charge in [0.2, 0.25) is 11.8 Å². The van der Waals surface area contributed by atoms with E-state index in [4.69, 9.17) is 9.84 Å². The fourth-order valence-electron chi connectivity index (χ4n) is 1.68. The van der Waals surface area contributed by atoms with E-state index >= 15 is 0 Å². The number of rotatable bonds is 2. The number of ether oxygens (including phenoxy) is 1. The number of hydrogen-bond donors (Lipinski definition) is 2. The van der Waals surface area contributed by atoms with Gasteiger partial charge in [-0.15, -0.1) is 0 Å². The SMILES string of the molecule is CN1NC(C(F)(F)F)CC1Oc1cccc(O)n1. The summed E-state index contributed by atoms with van der Waals surface area (Å²) in [6, 6.07) is 2.68. The summed E-state index contributed by atoms with van der Waals surface area (Å²) in [5, 5.41) is 10.4. The lowest BCUT2D eigenvalue weighted by Gasteiger charge is -2.19. The highest BCUT2D eigenvalue weighted by Gasteiger charge is 2.47. The lowest BCUT2D eigenvalue weighted by Crippen LogP contribution is -2.43. The Labute approximate surface area is 101 Å². The van der Waals surface area contributed by atoms with Crippen molar-refractivity contribution in [2.24, 2.45) is 0 Å². The Hall–Kier alpha value is -1.54. The lowest BCUT2D eigenvalue weighted by molar-refractivity contribution is -0.156. The van der Waals surface area contributed by atoms with Crippen molar-refractivity contribution in [2.45, 2.75) is 24.9 Å². The van der Waals surface area contributed by atoms with Crippen LogP contribution in [0.2, 0.25) is 0 Å². The number of aromatic hydroxyl groups is 1. The van der Waals surface area contributed by atoms with Gasteiger partial charge in [0, 0.05) is 25.6 Å². The molecule has 5 nitrogen and oxygen atoms in total. The first kappa shape index (κ1) is 12.9. The topological polar surface area (TPSA) is 57.6 Å². The van der Waals surface area contributed by atoms with Gasteiger partial charge in [0.25, 0.3) is 0 Å². The van der Waals surface area contributed by atoms with Crippen molar-refractivity contribution in [3.05, 3.63) is 18.2 Å². The molecule has 2 heterocycles. The monoisotopic (exact) mass is 263 g/mol. The number of alkyl halides is 3. The molecule has 1 aliphatic heterocycles. The molecule has 0 aromatic carbocycles. The summed E-state index contributed by atoms with van der Waals surface area (Å²) in [6.45, 7) is 0. The number of pyridine rings is 1. The van der Waals surface area contributed by atoms with Gasteiger partial charge < -0.3 is 9.84 Å². The summed E-state index contributed by atoms with van der Waals surface area (Å²) in [4.78, 5) is 3.66. The number of hydrogen-bond acceptors (Lipinski definition) is 5. The van der Waals surface area contributed by atoms with Crippen molar-refractivity contribution < 1.29 is 23.0 Å². The fourth-order valence-corrected chi connectivity index (χ4v) is 1.68. The van der Waals surface area contributed by atoms with Crippen LogP contribution in [0.3, 0.4) is 0 Å². The highest BCUT2D eigenvalue weighted by molar-refractivity contribution is 5.18. The van der Waals surface area contributed by atoms with Crippen LogP contribution < -0.4 is 10.2 Å². The van der Waals surface area contributed by atoms with E-state index in [2.05, 4.69) is 10.4 Å². The highest BCUT2D eigenvalue weighted by Crippen LogP contribution is 2.29. The third kappa shape index (κ3) is 2.82. The second kappa shape index (κ2) is 4.62.